The maximum atomic E-state index is 13.2. The summed E-state index contributed by atoms with van der Waals surface area (Å²) in [5, 5.41) is 2.30. The van der Waals surface area contributed by atoms with Gasteiger partial charge in [0.1, 0.15) is 5.75 Å². The topological polar surface area (TPSA) is 71.1 Å². The van der Waals surface area contributed by atoms with E-state index in [-0.39, 0.29) is 11.8 Å². The number of nitrogens with zero attached hydrogens (tertiary/aromatic N) is 3. The van der Waals surface area contributed by atoms with Crippen molar-refractivity contribution in [2.24, 2.45) is 11.8 Å². The predicted octanol–water partition coefficient (Wildman–Crippen LogP) is 7.11. The Hall–Kier alpha value is -3.62. The molecule has 0 spiro atoms. The number of likely N-dealkylation sites (tertiary alicyclic amines) is 1. The summed E-state index contributed by atoms with van der Waals surface area (Å²) in [6, 6.07) is 9.01. The van der Waals surface area contributed by atoms with Gasteiger partial charge in [-0.15, -0.1) is 0 Å². The summed E-state index contributed by atoms with van der Waals surface area (Å²) in [4.78, 5) is 27.3. The van der Waals surface area contributed by atoms with E-state index in [0.717, 1.165) is 73.8 Å². The zero-order valence-corrected chi connectivity index (χ0v) is 22.3. The van der Waals surface area contributed by atoms with Crippen molar-refractivity contribution in [2.45, 2.75) is 57.0 Å². The fourth-order valence-corrected chi connectivity index (χ4v) is 6.46. The summed E-state index contributed by atoms with van der Waals surface area (Å²) in [7, 11) is 0. The van der Waals surface area contributed by atoms with Gasteiger partial charge in [0.2, 0.25) is 5.91 Å². The molecule has 40 heavy (non-hydrogen) atoms. The fourth-order valence-electron chi connectivity index (χ4n) is 6.46. The van der Waals surface area contributed by atoms with Crippen LogP contribution in [0.4, 0.5) is 13.2 Å². The molecule has 2 fully saturated rings. The zero-order valence-electron chi connectivity index (χ0n) is 22.3. The van der Waals surface area contributed by atoms with Crippen LogP contribution in [0.1, 0.15) is 62.0 Å². The minimum Gasteiger partial charge on any atom is -0.493 e. The summed E-state index contributed by atoms with van der Waals surface area (Å²) >= 11 is 0. The van der Waals surface area contributed by atoms with Crippen molar-refractivity contribution in [1.82, 2.24) is 19.9 Å². The molecule has 1 aliphatic carbocycles. The first kappa shape index (κ1) is 26.6. The highest BCUT2D eigenvalue weighted by molar-refractivity contribution is 6.05. The second-order valence-electron chi connectivity index (χ2n) is 11.3. The fraction of sp³-hybridized carbons (Fsp3) is 0.452. The molecule has 9 heteroatoms. The number of pyridine rings is 2. The van der Waals surface area contributed by atoms with Crippen LogP contribution < -0.4 is 4.74 Å². The normalized spacial score (nSPS) is 22.1. The summed E-state index contributed by atoms with van der Waals surface area (Å²) in [5.74, 6) is 1.64. The molecule has 1 aliphatic heterocycles. The van der Waals surface area contributed by atoms with Gasteiger partial charge >= 0.3 is 6.18 Å². The molecule has 4 heterocycles. The SMILES string of the molecule is O=C(CC1CCC(c2cc[nH]c3cnc4nccc4c23)CC1)N1CCCC(COc2ccc(C(F)(F)F)cc2)C1. The molecule has 1 saturated heterocycles. The molecule has 0 radical (unpaired) electrons. The number of hydrogen-bond acceptors (Lipinski definition) is 4. The highest BCUT2D eigenvalue weighted by atomic mass is 19.4. The number of piperidine rings is 1. The standard InChI is InChI=1S/C31H33F3N4O2/c32-31(33,34)23-7-9-24(10-8-23)40-19-21-2-1-15-38(18-21)28(39)16-20-3-5-22(6-4-20)25-11-13-35-27-17-37-30-26(29(25)27)12-14-36-30/h7-14,17,20-22,35H,1-6,15-16,18-19H2. The molecule has 1 aromatic carbocycles. The summed E-state index contributed by atoms with van der Waals surface area (Å²) in [6.45, 7) is 1.79. The number of ether oxygens (including phenoxy) is 1. The Balaban J connectivity index is 1.01. The molecular formula is C31H33F3N4O2. The number of rotatable bonds is 6. The number of amides is 1. The Morgan fingerprint density at radius 3 is 2.58 bits per heavy atom. The third-order valence-electron chi connectivity index (χ3n) is 8.61. The van der Waals surface area contributed by atoms with Crippen molar-refractivity contribution in [3.63, 3.8) is 0 Å². The van der Waals surface area contributed by atoms with Crippen molar-refractivity contribution in [2.75, 3.05) is 19.7 Å². The number of halogens is 3. The minimum absolute atomic E-state index is 0.177. The van der Waals surface area contributed by atoms with E-state index in [1.54, 1.807) is 0 Å². The number of fused-ring (bicyclic) bond motifs is 3. The first-order chi connectivity index (χ1) is 19.3. The number of aromatic nitrogens is 3. The molecule has 3 aromatic heterocycles. The van der Waals surface area contributed by atoms with Crippen LogP contribution in [0.2, 0.25) is 0 Å². The van der Waals surface area contributed by atoms with Gasteiger partial charge in [0.05, 0.1) is 23.9 Å². The van der Waals surface area contributed by atoms with Crippen LogP contribution >= 0.6 is 0 Å². The lowest BCUT2D eigenvalue weighted by atomic mass is 9.76. The third-order valence-corrected chi connectivity index (χ3v) is 8.61. The first-order valence-electron chi connectivity index (χ1n) is 14.1. The van der Waals surface area contributed by atoms with E-state index in [4.69, 9.17) is 4.74 Å². The van der Waals surface area contributed by atoms with Gasteiger partial charge in [0.25, 0.3) is 0 Å². The molecule has 1 unspecified atom stereocenters. The lowest BCUT2D eigenvalue weighted by Crippen LogP contribution is -2.42. The van der Waals surface area contributed by atoms with E-state index >= 15 is 0 Å². The quantitative estimate of drug-likeness (QED) is 0.278. The van der Waals surface area contributed by atoms with Crippen LogP contribution in [-0.2, 0) is 11.0 Å². The Labute approximate surface area is 230 Å². The molecular weight excluding hydrogens is 517 g/mol. The predicted molar refractivity (Wildman–Crippen MR) is 147 cm³/mol. The number of H-pyrrole nitrogens is 1. The van der Waals surface area contributed by atoms with Gasteiger partial charge in [-0.2, -0.15) is 13.2 Å². The van der Waals surface area contributed by atoms with E-state index in [9.17, 15) is 18.0 Å². The number of aromatic amines is 1. The number of alkyl halides is 3. The number of nitrogens with one attached hydrogen (secondary N) is 1. The van der Waals surface area contributed by atoms with Crippen LogP contribution in [0.25, 0.3) is 21.9 Å². The van der Waals surface area contributed by atoms with E-state index < -0.39 is 11.7 Å². The van der Waals surface area contributed by atoms with Crippen LogP contribution in [-0.4, -0.2) is 45.5 Å². The molecule has 1 amide bonds. The minimum atomic E-state index is -4.36. The lowest BCUT2D eigenvalue weighted by molar-refractivity contribution is -0.137. The van der Waals surface area contributed by atoms with Crippen molar-refractivity contribution >= 4 is 27.8 Å². The average molecular weight is 551 g/mol. The second-order valence-corrected chi connectivity index (χ2v) is 11.3. The molecule has 1 saturated carbocycles. The molecule has 6 rings (SSSR count). The largest absolute Gasteiger partial charge is 0.493 e. The van der Waals surface area contributed by atoms with E-state index in [1.165, 1.54) is 23.1 Å². The average Bonchev–Trinajstić information content (AvgIpc) is 3.46. The molecule has 1 atom stereocenters. The first-order valence-corrected chi connectivity index (χ1v) is 14.1. The zero-order chi connectivity index (χ0) is 27.7. The van der Waals surface area contributed by atoms with Crippen LogP contribution in [0.5, 0.6) is 5.75 Å². The van der Waals surface area contributed by atoms with Crippen LogP contribution in [0, 0.1) is 11.8 Å². The van der Waals surface area contributed by atoms with Crippen molar-refractivity contribution < 1.29 is 22.7 Å². The number of carbonyl (C=O) groups is 1. The summed E-state index contributed by atoms with van der Waals surface area (Å²) < 4.78 is 44.2. The lowest BCUT2D eigenvalue weighted by Gasteiger charge is -2.35. The van der Waals surface area contributed by atoms with Gasteiger partial charge in [-0.1, -0.05) is 0 Å². The number of carbonyl (C=O) groups excluding carboxylic acids is 1. The number of hydrogen-bond donors (Lipinski definition) is 1. The molecule has 210 valence electrons. The third kappa shape index (κ3) is 5.64. The summed E-state index contributed by atoms with van der Waals surface area (Å²) in [6.07, 6.45) is 7.89. The van der Waals surface area contributed by atoms with Crippen molar-refractivity contribution in [3.8, 4) is 5.75 Å². The Morgan fingerprint density at radius 1 is 1.00 bits per heavy atom. The molecule has 6 nitrogen and oxygen atoms in total. The van der Waals surface area contributed by atoms with Crippen LogP contribution in [0.15, 0.2) is 55.0 Å². The Morgan fingerprint density at radius 2 is 1.80 bits per heavy atom. The highest BCUT2D eigenvalue weighted by Gasteiger charge is 2.31. The summed E-state index contributed by atoms with van der Waals surface area (Å²) in [5.41, 5.74) is 2.45. The maximum Gasteiger partial charge on any atom is 0.416 e. The van der Waals surface area contributed by atoms with Gasteiger partial charge < -0.3 is 14.6 Å². The highest BCUT2D eigenvalue weighted by Crippen LogP contribution is 2.41. The monoisotopic (exact) mass is 550 g/mol. The van der Waals surface area contributed by atoms with Gasteiger partial charge in [0, 0.05) is 48.6 Å². The Bertz CT molecular complexity index is 1480. The van der Waals surface area contributed by atoms with Gasteiger partial charge in [-0.25, -0.2) is 9.97 Å². The smallest absolute Gasteiger partial charge is 0.416 e. The van der Waals surface area contributed by atoms with Crippen molar-refractivity contribution in [3.05, 3.63) is 66.1 Å². The van der Waals surface area contributed by atoms with Crippen LogP contribution in [0.3, 0.4) is 0 Å². The maximum absolute atomic E-state index is 13.2. The molecule has 1 N–H and O–H groups in total. The molecule has 2 aliphatic rings. The van der Waals surface area contributed by atoms with E-state index in [1.807, 2.05) is 29.6 Å². The Kier molecular flexibility index (Phi) is 7.38. The molecule has 0 bridgehead atoms. The van der Waals surface area contributed by atoms with Gasteiger partial charge in [0.15, 0.2) is 5.65 Å². The van der Waals surface area contributed by atoms with E-state index in [0.29, 0.717) is 37.2 Å². The van der Waals surface area contributed by atoms with E-state index in [2.05, 4.69) is 21.0 Å². The van der Waals surface area contributed by atoms with Gasteiger partial charge in [-0.3, -0.25) is 4.79 Å². The number of benzene rings is 1. The van der Waals surface area contributed by atoms with Crippen molar-refractivity contribution in [1.29, 1.82) is 0 Å². The molecule has 4 aromatic rings. The second kappa shape index (κ2) is 11.1. The van der Waals surface area contributed by atoms with Gasteiger partial charge in [-0.05, 0) is 92.3 Å².